The molecule has 52 valence electrons. The van der Waals surface area contributed by atoms with Gasteiger partial charge in [0.25, 0.3) is 0 Å². The normalized spacial score (nSPS) is 12.8. The van der Waals surface area contributed by atoms with Gasteiger partial charge in [-0.25, -0.2) is 0 Å². The molecule has 3 N–H and O–H groups in total. The highest BCUT2D eigenvalue weighted by atomic mass is 31.2. The van der Waals surface area contributed by atoms with Crippen molar-refractivity contribution < 1.29 is 8.39 Å². The molecule has 4 nitrogen and oxygen atoms in total. The second kappa shape index (κ2) is 4.13. The van der Waals surface area contributed by atoms with Crippen LogP contribution in [0.2, 0.25) is 0 Å². The number of rotatable bonds is 2. The topological polar surface area (TPSA) is 74.6 Å². The summed E-state index contributed by atoms with van der Waals surface area (Å²) in [5, 5.41) is 6.29. The average Bonchev–Trinajstić information content (AvgIpc) is 1.64. The van der Waals surface area contributed by atoms with Crippen LogP contribution in [0.3, 0.4) is 0 Å². The molecule has 9 heteroatoms. The van der Waals surface area contributed by atoms with E-state index in [0.717, 1.165) is 0 Å². The third-order valence-corrected chi connectivity index (χ3v) is 2.80. The van der Waals surface area contributed by atoms with E-state index in [1.165, 1.54) is 0 Å². The van der Waals surface area contributed by atoms with Crippen molar-refractivity contribution in [2.45, 2.75) is 0 Å². The Balaban J connectivity index is 4.35. The Kier molecular flexibility index (Phi) is 4.24. The van der Waals surface area contributed by atoms with E-state index in [1.54, 1.807) is 0 Å². The molecule has 0 amide bonds. The second-order valence-electron chi connectivity index (χ2n) is 0.850. The Bertz CT molecular complexity index is 167. The summed E-state index contributed by atoms with van der Waals surface area (Å²) < 4.78 is 29.3. The number of hydrogen-bond acceptors (Lipinski definition) is 1. The van der Waals surface area contributed by atoms with Crippen molar-refractivity contribution in [1.29, 1.82) is 5.16 Å². The number of nitrogens with zero attached hydrogens (tertiary/aromatic N) is 2. The molecule has 0 rings (SSSR count). The Morgan fingerprint density at radius 3 is 2.44 bits per heavy atom. The Labute approximate surface area is 53.9 Å². The van der Waals surface area contributed by atoms with Gasteiger partial charge in [-0.1, -0.05) is 0 Å². The number of nitrogens with two attached hydrogens (primary N) is 1. The van der Waals surface area contributed by atoms with Gasteiger partial charge in [0, 0.05) is 0 Å². The molecular formula is H3F2N4P3. The van der Waals surface area contributed by atoms with E-state index in [-0.39, 0.29) is 8.52 Å². The van der Waals surface area contributed by atoms with Crippen LogP contribution in [-0.4, -0.2) is 0 Å². The van der Waals surface area contributed by atoms with Crippen molar-refractivity contribution in [2.24, 2.45) is 14.5 Å². The number of hydrogen-bond donors (Lipinski definition) is 2. The van der Waals surface area contributed by atoms with E-state index in [4.69, 9.17) is 5.16 Å². The fourth-order valence-corrected chi connectivity index (χ4v) is 1.53. The van der Waals surface area contributed by atoms with Gasteiger partial charge in [-0.3, -0.25) is 10.7 Å². The average molecular weight is 190 g/mol. The Morgan fingerprint density at radius 2 is 2.11 bits per heavy atom. The first kappa shape index (κ1) is 9.25. The summed E-state index contributed by atoms with van der Waals surface area (Å²) in [5.74, 6) is 0. The molecular weight excluding hydrogens is 187 g/mol. The van der Waals surface area contributed by atoms with Crippen LogP contribution in [0.4, 0.5) is 8.39 Å². The van der Waals surface area contributed by atoms with Gasteiger partial charge in [-0.05, 0) is 0 Å². The largest absolute Gasteiger partial charge is 0.426 e. The van der Waals surface area contributed by atoms with E-state index in [9.17, 15) is 8.39 Å². The third kappa shape index (κ3) is 4.73. The quantitative estimate of drug-likeness (QED) is 0.642. The van der Waals surface area contributed by atoms with Crippen molar-refractivity contribution >= 4 is 24.9 Å². The van der Waals surface area contributed by atoms with E-state index in [1.807, 2.05) is 0 Å². The summed E-state index contributed by atoms with van der Waals surface area (Å²) in [6.45, 7) is 0. The lowest BCUT2D eigenvalue weighted by Gasteiger charge is -1.89. The van der Waals surface area contributed by atoms with Gasteiger partial charge in [-0.15, -0.1) is 12.9 Å². The molecule has 0 atom stereocenters. The van der Waals surface area contributed by atoms with Gasteiger partial charge in [0.1, 0.15) is 0 Å². The molecule has 0 spiro atoms. The van der Waals surface area contributed by atoms with E-state index < -0.39 is 16.3 Å². The highest BCUT2D eigenvalue weighted by Gasteiger charge is 2.12. The first-order valence-corrected chi connectivity index (χ1v) is 4.86. The molecule has 0 heterocycles. The summed E-state index contributed by atoms with van der Waals surface area (Å²) in [5.41, 5.74) is 4.67. The molecule has 0 aromatic rings. The minimum Gasteiger partial charge on any atom is -0.269 e. The number of halogens is 2. The third-order valence-electron chi connectivity index (χ3n) is 0.312. The van der Waals surface area contributed by atoms with Crippen LogP contribution >= 0.6 is 24.9 Å². The fraction of sp³-hybridized carbons (Fsp3) is 0. The molecule has 0 bridgehead atoms. The minimum absolute atomic E-state index is 0.223. The smallest absolute Gasteiger partial charge is 0.269 e. The molecule has 9 heavy (non-hydrogen) atoms. The second-order valence-corrected chi connectivity index (χ2v) is 3.62. The molecule has 0 radical (unpaired) electrons. The van der Waals surface area contributed by atoms with E-state index in [0.29, 0.717) is 0 Å². The first-order valence-electron chi connectivity index (χ1n) is 1.62. The van der Waals surface area contributed by atoms with Crippen LogP contribution in [0.15, 0.2) is 9.03 Å². The molecule has 0 aliphatic carbocycles. The summed E-state index contributed by atoms with van der Waals surface area (Å²) in [6, 6.07) is 0. The van der Waals surface area contributed by atoms with Crippen LogP contribution in [0.1, 0.15) is 0 Å². The SMILES string of the molecule is N=PN=P(F)(F)/N=P\N. The van der Waals surface area contributed by atoms with Crippen LogP contribution < -0.4 is 5.50 Å². The molecule has 0 aliphatic rings. The van der Waals surface area contributed by atoms with Gasteiger partial charge in [0.15, 0.2) is 8.52 Å². The molecule has 0 aliphatic heterocycles. The van der Waals surface area contributed by atoms with E-state index in [2.05, 4.69) is 14.5 Å². The summed E-state index contributed by atoms with van der Waals surface area (Å²) in [7, 11) is -5.20. The lowest BCUT2D eigenvalue weighted by molar-refractivity contribution is 0.728. The molecule has 0 fully saturated rings. The zero-order valence-electron chi connectivity index (χ0n) is 4.07. The Morgan fingerprint density at radius 1 is 1.56 bits per heavy atom. The van der Waals surface area contributed by atoms with Gasteiger partial charge in [0.05, 0.1) is 8.52 Å². The van der Waals surface area contributed by atoms with Crippen molar-refractivity contribution in [3.63, 3.8) is 0 Å². The predicted octanol–water partition coefficient (Wildman–Crippen LogP) is 3.50. The fourth-order valence-electron chi connectivity index (χ4n) is 0.134. The Hall–Kier alpha value is 0.250. The maximum absolute atomic E-state index is 12.0. The lowest BCUT2D eigenvalue weighted by Crippen LogP contribution is -1.57. The van der Waals surface area contributed by atoms with Crippen molar-refractivity contribution in [1.82, 2.24) is 0 Å². The summed E-state index contributed by atoms with van der Waals surface area (Å²) in [4.78, 5) is 0. The van der Waals surface area contributed by atoms with Crippen LogP contribution in [0.25, 0.3) is 0 Å². The highest BCUT2D eigenvalue weighted by Crippen LogP contribution is 2.57. The minimum atomic E-state index is -4.53. The first-order chi connectivity index (χ1) is 4.12. The monoisotopic (exact) mass is 190 g/mol. The van der Waals surface area contributed by atoms with Crippen LogP contribution in [-0.2, 0) is 0 Å². The zero-order valence-corrected chi connectivity index (χ0v) is 6.75. The molecule has 0 unspecified atom stereocenters. The summed E-state index contributed by atoms with van der Waals surface area (Å²) in [6.07, 6.45) is 0. The number of nitrogens with one attached hydrogen (secondary N) is 1. The molecule has 0 saturated heterocycles. The lowest BCUT2D eigenvalue weighted by atomic mass is 13.9. The van der Waals surface area contributed by atoms with Gasteiger partial charge in [0.2, 0.25) is 0 Å². The zero-order chi connectivity index (χ0) is 7.33. The molecule has 0 saturated carbocycles. The summed E-state index contributed by atoms with van der Waals surface area (Å²) >= 11 is 0. The highest BCUT2D eigenvalue weighted by molar-refractivity contribution is 7.61. The van der Waals surface area contributed by atoms with Crippen LogP contribution in [0.5, 0.6) is 0 Å². The van der Waals surface area contributed by atoms with Crippen LogP contribution in [0, 0.1) is 5.16 Å². The maximum Gasteiger partial charge on any atom is 0.426 e. The van der Waals surface area contributed by atoms with E-state index >= 15 is 0 Å². The van der Waals surface area contributed by atoms with Crippen molar-refractivity contribution in [3.8, 4) is 0 Å². The van der Waals surface area contributed by atoms with Crippen molar-refractivity contribution in [2.75, 3.05) is 0 Å². The molecule has 0 aromatic carbocycles. The maximum atomic E-state index is 12.0. The van der Waals surface area contributed by atoms with Crippen molar-refractivity contribution in [3.05, 3.63) is 0 Å². The molecule has 0 aromatic heterocycles. The van der Waals surface area contributed by atoms with Gasteiger partial charge < -0.3 is 0 Å². The standard InChI is InChI=1S/F2H3N4P3/c1-9(2,5-7-3)6-8-4/h3H,(H2,4,6). The van der Waals surface area contributed by atoms with Gasteiger partial charge in [-0.2, -0.15) is 4.52 Å². The predicted molar refractivity (Wildman–Crippen MR) is 34.7 cm³/mol. The van der Waals surface area contributed by atoms with Gasteiger partial charge >= 0.3 is 7.83 Å².